The quantitative estimate of drug-likeness (QED) is 0.367. The lowest BCUT2D eigenvalue weighted by molar-refractivity contribution is -0.139. The number of fused-ring (bicyclic) bond motifs is 1. The summed E-state index contributed by atoms with van der Waals surface area (Å²) < 4.78 is 41.5. The number of aryl methyl sites for hydroxylation is 2. The second-order valence-corrected chi connectivity index (χ2v) is 9.54. The predicted octanol–water partition coefficient (Wildman–Crippen LogP) is 4.98. The molecule has 34 heavy (non-hydrogen) atoms. The zero-order valence-corrected chi connectivity index (χ0v) is 20.1. The topological polar surface area (TPSA) is 85.9 Å². The van der Waals surface area contributed by atoms with E-state index in [1.165, 1.54) is 19.2 Å². The molecular formula is C27H25NO5S. The summed E-state index contributed by atoms with van der Waals surface area (Å²) in [7, 11) is -2.76. The molecule has 0 aliphatic rings. The molecule has 174 valence electrons. The molecule has 0 aliphatic heterocycles. The molecule has 0 saturated heterocycles. The molecule has 0 fully saturated rings. The fourth-order valence-electron chi connectivity index (χ4n) is 3.77. The number of hydrogen-bond donors (Lipinski definition) is 0. The van der Waals surface area contributed by atoms with Gasteiger partial charge in [-0.05, 0) is 48.2 Å². The highest BCUT2D eigenvalue weighted by atomic mass is 32.2. The molecule has 1 aromatic heterocycles. The van der Waals surface area contributed by atoms with Crippen molar-refractivity contribution in [2.24, 2.45) is 4.40 Å². The second kappa shape index (κ2) is 9.65. The number of carbonyl (C=O) groups is 1. The van der Waals surface area contributed by atoms with Crippen LogP contribution in [0.15, 0.2) is 86.5 Å². The zero-order chi connectivity index (χ0) is 24.3. The van der Waals surface area contributed by atoms with Gasteiger partial charge in [0.2, 0.25) is 5.55 Å². The van der Waals surface area contributed by atoms with Gasteiger partial charge in [0, 0.05) is 10.9 Å². The average molecular weight is 476 g/mol. The lowest BCUT2D eigenvalue weighted by Crippen LogP contribution is -2.16. The summed E-state index contributed by atoms with van der Waals surface area (Å²) in [6, 6.07) is 21.3. The molecule has 0 spiro atoms. The van der Waals surface area contributed by atoms with Gasteiger partial charge >= 0.3 is 5.97 Å². The first-order valence-electron chi connectivity index (χ1n) is 10.9. The lowest BCUT2D eigenvalue weighted by atomic mass is 9.95. The third kappa shape index (κ3) is 4.79. The summed E-state index contributed by atoms with van der Waals surface area (Å²) in [5, 5.41) is 0.689. The summed E-state index contributed by atoms with van der Waals surface area (Å²) in [6.45, 7) is 3.93. The van der Waals surface area contributed by atoms with Crippen LogP contribution in [0, 0.1) is 6.92 Å². The van der Waals surface area contributed by atoms with Crippen LogP contribution in [0.2, 0.25) is 0 Å². The van der Waals surface area contributed by atoms with Crippen molar-refractivity contribution in [3.8, 4) is 11.1 Å². The fraction of sp³-hybridized carbons (Fsp3) is 0.185. The van der Waals surface area contributed by atoms with E-state index in [9.17, 15) is 13.2 Å². The van der Waals surface area contributed by atoms with E-state index in [1.54, 1.807) is 24.3 Å². The van der Waals surface area contributed by atoms with Gasteiger partial charge in [-0.1, -0.05) is 67.1 Å². The van der Waals surface area contributed by atoms with Gasteiger partial charge in [0.05, 0.1) is 18.4 Å². The summed E-state index contributed by atoms with van der Waals surface area (Å²) in [4.78, 5) is 12.4. The number of hydrogen-bond acceptors (Lipinski definition) is 5. The third-order valence-electron chi connectivity index (χ3n) is 5.66. The highest BCUT2D eigenvalue weighted by Crippen LogP contribution is 2.29. The first kappa shape index (κ1) is 23.4. The number of carbonyl (C=O) groups excluding carboxylic acids is 1. The number of nitrogens with zero attached hydrogens (tertiary/aromatic N) is 1. The molecule has 4 rings (SSSR count). The van der Waals surface area contributed by atoms with Crippen LogP contribution in [0.4, 0.5) is 0 Å². The van der Waals surface area contributed by atoms with Gasteiger partial charge in [-0.3, -0.25) is 4.79 Å². The van der Waals surface area contributed by atoms with E-state index in [4.69, 9.17) is 9.15 Å². The molecule has 0 bridgehead atoms. The Bertz CT molecular complexity index is 1520. The Morgan fingerprint density at radius 2 is 1.65 bits per heavy atom. The van der Waals surface area contributed by atoms with Gasteiger partial charge in [0.25, 0.3) is 10.0 Å². The molecule has 3 aromatic carbocycles. The minimum Gasteiger partial charge on any atom is -0.469 e. The van der Waals surface area contributed by atoms with Crippen LogP contribution < -0.4 is 5.55 Å². The highest BCUT2D eigenvalue weighted by Gasteiger charge is 2.21. The second-order valence-electron chi connectivity index (χ2n) is 7.94. The lowest BCUT2D eigenvalue weighted by Gasteiger charge is -2.13. The molecule has 0 amide bonds. The number of para-hydroxylation sites is 1. The summed E-state index contributed by atoms with van der Waals surface area (Å²) >= 11 is 0. The molecule has 6 nitrogen and oxygen atoms in total. The smallest absolute Gasteiger partial charge is 0.310 e. The van der Waals surface area contributed by atoms with Gasteiger partial charge in [-0.25, -0.2) is 0 Å². The molecule has 0 saturated carbocycles. The van der Waals surface area contributed by atoms with Crippen LogP contribution in [-0.2, 0) is 32.4 Å². The van der Waals surface area contributed by atoms with Gasteiger partial charge in [-0.15, -0.1) is 4.40 Å². The molecule has 4 aromatic rings. The summed E-state index contributed by atoms with van der Waals surface area (Å²) in [5.41, 5.74) is 4.14. The van der Waals surface area contributed by atoms with Crippen molar-refractivity contribution in [3.63, 3.8) is 0 Å². The molecule has 0 unspecified atom stereocenters. The molecule has 7 heteroatoms. The van der Waals surface area contributed by atoms with Crippen LogP contribution in [0.1, 0.15) is 23.6 Å². The van der Waals surface area contributed by atoms with Crippen molar-refractivity contribution in [1.82, 2.24) is 0 Å². The van der Waals surface area contributed by atoms with Crippen LogP contribution in [0.5, 0.6) is 0 Å². The number of sulfonamides is 1. The Labute approximate surface area is 198 Å². The van der Waals surface area contributed by atoms with Crippen molar-refractivity contribution < 1.29 is 22.4 Å². The average Bonchev–Trinajstić information content (AvgIpc) is 2.84. The Morgan fingerprint density at radius 1 is 0.971 bits per heavy atom. The highest BCUT2D eigenvalue weighted by molar-refractivity contribution is 7.90. The van der Waals surface area contributed by atoms with Gasteiger partial charge in [0.1, 0.15) is 5.58 Å². The normalized spacial score (nSPS) is 12.1. The van der Waals surface area contributed by atoms with Crippen LogP contribution in [-0.4, -0.2) is 21.5 Å². The van der Waals surface area contributed by atoms with Crippen molar-refractivity contribution in [2.75, 3.05) is 7.11 Å². The van der Waals surface area contributed by atoms with E-state index in [2.05, 4.69) is 11.3 Å². The minimum absolute atomic E-state index is 0.0586. The Balaban J connectivity index is 2.08. The Morgan fingerprint density at radius 3 is 2.29 bits per heavy atom. The van der Waals surface area contributed by atoms with Crippen molar-refractivity contribution in [1.29, 1.82) is 0 Å². The molecule has 1 heterocycles. The standard InChI is InChI=1S/C27H25NO5S/c1-4-19-11-13-20(14-12-19)26-23(17-25(29)32-3)22-7-5-6-8-24(22)33-27(26)28-34(30,31)21-15-9-18(2)10-16-21/h5-16H,4,17H2,1-3H3/b28-27-. The fourth-order valence-corrected chi connectivity index (χ4v) is 4.70. The van der Waals surface area contributed by atoms with E-state index in [0.29, 0.717) is 27.7 Å². The predicted molar refractivity (Wildman–Crippen MR) is 131 cm³/mol. The van der Waals surface area contributed by atoms with E-state index in [1.807, 2.05) is 43.3 Å². The first-order valence-corrected chi connectivity index (χ1v) is 12.3. The Hall–Kier alpha value is -3.71. The third-order valence-corrected chi connectivity index (χ3v) is 6.93. The number of methoxy groups -OCH3 is 1. The number of esters is 1. The molecular weight excluding hydrogens is 450 g/mol. The van der Waals surface area contributed by atoms with E-state index in [-0.39, 0.29) is 16.9 Å². The largest absolute Gasteiger partial charge is 0.469 e. The number of ether oxygens (including phenoxy) is 1. The van der Waals surface area contributed by atoms with Crippen LogP contribution in [0.25, 0.3) is 22.1 Å². The Kier molecular flexibility index (Phi) is 6.65. The first-order chi connectivity index (χ1) is 16.3. The summed E-state index contributed by atoms with van der Waals surface area (Å²) in [5.74, 6) is -0.449. The van der Waals surface area contributed by atoms with E-state index >= 15 is 0 Å². The van der Waals surface area contributed by atoms with Crippen molar-refractivity contribution in [3.05, 3.63) is 95.0 Å². The monoisotopic (exact) mass is 475 g/mol. The zero-order valence-electron chi connectivity index (χ0n) is 19.2. The van der Waals surface area contributed by atoms with Gasteiger partial charge in [0.15, 0.2) is 0 Å². The molecule has 0 radical (unpaired) electrons. The number of benzene rings is 3. The minimum atomic E-state index is -4.08. The van der Waals surface area contributed by atoms with E-state index < -0.39 is 16.0 Å². The SMILES string of the molecule is CCc1ccc(-c2c(CC(=O)OC)c3ccccc3o/c2=N\S(=O)(=O)c2ccc(C)cc2)cc1. The van der Waals surface area contributed by atoms with Crippen molar-refractivity contribution in [2.45, 2.75) is 31.6 Å². The van der Waals surface area contributed by atoms with Gasteiger partial charge in [-0.2, -0.15) is 8.42 Å². The van der Waals surface area contributed by atoms with E-state index in [0.717, 1.165) is 17.5 Å². The molecule has 0 N–H and O–H groups in total. The molecule has 0 atom stereocenters. The summed E-state index contributed by atoms with van der Waals surface area (Å²) in [6.07, 6.45) is 0.793. The maximum Gasteiger partial charge on any atom is 0.310 e. The van der Waals surface area contributed by atoms with Crippen molar-refractivity contribution >= 4 is 27.0 Å². The maximum atomic E-state index is 13.2. The molecule has 0 aliphatic carbocycles. The van der Waals surface area contributed by atoms with Crippen LogP contribution in [0.3, 0.4) is 0 Å². The number of rotatable bonds is 6. The van der Waals surface area contributed by atoms with Crippen LogP contribution >= 0.6 is 0 Å². The maximum absolute atomic E-state index is 13.2. The van der Waals surface area contributed by atoms with Gasteiger partial charge < -0.3 is 9.15 Å².